The molecule has 1 aromatic heterocycles. The van der Waals surface area contributed by atoms with Crippen molar-refractivity contribution in [2.45, 2.75) is 12.1 Å². The number of nitrogens with one attached hydrogen (secondary N) is 1. The van der Waals surface area contributed by atoms with Crippen LogP contribution in [0.15, 0.2) is 22.1 Å². The minimum atomic E-state index is -1.17. The average Bonchev–Trinajstić information content (AvgIpc) is 2.60. The van der Waals surface area contributed by atoms with Gasteiger partial charge in [0.05, 0.1) is 17.3 Å². The molecule has 1 heterocycles. The Kier molecular flexibility index (Phi) is 6.49. The molecule has 0 bridgehead atoms. The zero-order chi connectivity index (χ0) is 19.3. The van der Waals surface area contributed by atoms with Crippen molar-refractivity contribution in [3.8, 4) is 28.8 Å². The number of H-pyrrole nitrogens is 1. The van der Waals surface area contributed by atoms with Crippen molar-refractivity contribution in [3.63, 3.8) is 0 Å². The zero-order valence-corrected chi connectivity index (χ0v) is 15.4. The zero-order valence-electron chi connectivity index (χ0n) is 13.8. The summed E-state index contributed by atoms with van der Waals surface area (Å²) in [6, 6.07) is 4.77. The number of halogens is 1. The number of carbonyl (C=O) groups is 1. The summed E-state index contributed by atoms with van der Waals surface area (Å²) in [5.41, 5.74) is -0.213. The van der Waals surface area contributed by atoms with Crippen molar-refractivity contribution in [3.05, 3.63) is 33.1 Å². The van der Waals surface area contributed by atoms with Crippen LogP contribution >= 0.6 is 23.4 Å². The molecule has 0 aliphatic rings. The van der Waals surface area contributed by atoms with Gasteiger partial charge < -0.3 is 19.6 Å². The normalized spacial score (nSPS) is 10.2. The van der Waals surface area contributed by atoms with Crippen molar-refractivity contribution >= 4 is 29.3 Å². The van der Waals surface area contributed by atoms with Crippen LogP contribution in [0, 0.1) is 11.3 Å². The molecule has 0 saturated carbocycles. The number of nitrogens with zero attached hydrogens (tertiary/aromatic N) is 2. The first-order valence-corrected chi connectivity index (χ1v) is 8.91. The molecule has 2 rings (SSSR count). The van der Waals surface area contributed by atoms with E-state index in [1.54, 1.807) is 13.2 Å². The summed E-state index contributed by atoms with van der Waals surface area (Å²) in [7, 11) is 0. The molecule has 136 valence electrons. The number of ether oxygens (including phenoxy) is 2. The van der Waals surface area contributed by atoms with Gasteiger partial charge in [0, 0.05) is 5.56 Å². The molecule has 2 N–H and O–H groups in total. The topological polar surface area (TPSA) is 125 Å². The van der Waals surface area contributed by atoms with Crippen LogP contribution in [-0.2, 0) is 4.79 Å². The Balaban J connectivity index is 2.65. The highest BCUT2D eigenvalue weighted by Crippen LogP contribution is 2.39. The summed E-state index contributed by atoms with van der Waals surface area (Å²) in [6.07, 6.45) is 1.73. The lowest BCUT2D eigenvalue weighted by Gasteiger charge is -2.14. The highest BCUT2D eigenvalue weighted by Gasteiger charge is 2.19. The fraction of sp³-hybridized carbons (Fsp3) is 0.250. The van der Waals surface area contributed by atoms with Crippen LogP contribution in [0.3, 0.4) is 0 Å². The molecule has 10 heteroatoms. The minimum Gasteiger partial charge on any atom is -0.490 e. The largest absolute Gasteiger partial charge is 0.490 e. The Morgan fingerprint density at radius 3 is 2.77 bits per heavy atom. The van der Waals surface area contributed by atoms with E-state index < -0.39 is 18.1 Å². The molecular weight excluding hydrogens is 382 g/mol. The van der Waals surface area contributed by atoms with Gasteiger partial charge in [-0.15, -0.1) is 0 Å². The monoisotopic (exact) mass is 395 g/mol. The molecule has 1 aromatic carbocycles. The number of aliphatic carboxylic acids is 1. The van der Waals surface area contributed by atoms with Gasteiger partial charge >= 0.3 is 5.97 Å². The van der Waals surface area contributed by atoms with E-state index in [0.29, 0.717) is 10.7 Å². The van der Waals surface area contributed by atoms with E-state index in [-0.39, 0.29) is 34.4 Å². The van der Waals surface area contributed by atoms with Gasteiger partial charge in [0.1, 0.15) is 11.6 Å². The number of benzene rings is 1. The van der Waals surface area contributed by atoms with E-state index in [0.717, 1.165) is 0 Å². The van der Waals surface area contributed by atoms with Gasteiger partial charge in [0.15, 0.2) is 23.3 Å². The molecule has 0 saturated heterocycles. The number of hydrogen-bond acceptors (Lipinski definition) is 7. The second-order valence-electron chi connectivity index (χ2n) is 4.81. The van der Waals surface area contributed by atoms with Gasteiger partial charge in [0.2, 0.25) is 0 Å². The van der Waals surface area contributed by atoms with Crippen molar-refractivity contribution in [1.82, 2.24) is 9.97 Å². The van der Waals surface area contributed by atoms with Gasteiger partial charge in [-0.3, -0.25) is 4.79 Å². The smallest absolute Gasteiger partial charge is 0.341 e. The van der Waals surface area contributed by atoms with Crippen LogP contribution in [0.4, 0.5) is 0 Å². The Labute approximate surface area is 157 Å². The lowest BCUT2D eigenvalue weighted by Crippen LogP contribution is -2.15. The number of carboxylic acid groups (broad SMARTS) is 1. The van der Waals surface area contributed by atoms with Crippen LogP contribution in [0.5, 0.6) is 11.5 Å². The number of aromatic nitrogens is 2. The van der Waals surface area contributed by atoms with Gasteiger partial charge in [-0.2, -0.15) is 5.26 Å². The molecular formula is C16H14ClN3O5S. The predicted octanol–water partition coefficient (Wildman–Crippen LogP) is 2.55. The maximum absolute atomic E-state index is 12.1. The van der Waals surface area contributed by atoms with Crippen molar-refractivity contribution in [2.75, 3.05) is 19.5 Å². The molecule has 0 spiro atoms. The van der Waals surface area contributed by atoms with Crippen LogP contribution in [0.25, 0.3) is 11.3 Å². The molecule has 2 aromatic rings. The Bertz CT molecular complexity index is 939. The average molecular weight is 396 g/mol. The van der Waals surface area contributed by atoms with Crippen LogP contribution in [0.1, 0.15) is 12.5 Å². The third-order valence-corrected chi connectivity index (χ3v) is 3.99. The van der Waals surface area contributed by atoms with E-state index in [1.165, 1.54) is 23.9 Å². The van der Waals surface area contributed by atoms with Crippen molar-refractivity contribution in [1.29, 1.82) is 5.26 Å². The molecule has 8 nitrogen and oxygen atoms in total. The van der Waals surface area contributed by atoms with Crippen molar-refractivity contribution in [2.24, 2.45) is 0 Å². The van der Waals surface area contributed by atoms with Gasteiger partial charge in [-0.05, 0) is 25.3 Å². The molecule has 0 aliphatic heterocycles. The lowest BCUT2D eigenvalue weighted by atomic mass is 10.1. The highest BCUT2D eigenvalue weighted by atomic mass is 35.5. The number of thioether (sulfide) groups is 1. The molecule has 0 radical (unpaired) electrons. The van der Waals surface area contributed by atoms with E-state index in [2.05, 4.69) is 9.97 Å². The van der Waals surface area contributed by atoms with Gasteiger partial charge in [-0.25, -0.2) is 9.78 Å². The van der Waals surface area contributed by atoms with Crippen LogP contribution in [-0.4, -0.2) is 40.5 Å². The van der Waals surface area contributed by atoms with Crippen LogP contribution in [0.2, 0.25) is 5.02 Å². The summed E-state index contributed by atoms with van der Waals surface area (Å²) in [6.45, 7) is 1.41. The minimum absolute atomic E-state index is 0.0631. The number of aromatic amines is 1. The maximum Gasteiger partial charge on any atom is 0.341 e. The first-order chi connectivity index (χ1) is 12.4. The van der Waals surface area contributed by atoms with Gasteiger partial charge in [-0.1, -0.05) is 23.4 Å². The standard InChI is InChI=1S/C16H14ClN3O5S/c1-3-24-11-5-8(4-10(17)14(11)25-7-12(21)22)13-9(6-18)15(23)20-16(19-13)26-2/h4-5H,3,7H2,1-2H3,(H,21,22)(H,19,20,23). The van der Waals surface area contributed by atoms with Gasteiger partial charge in [0.25, 0.3) is 5.56 Å². The number of nitriles is 1. The molecule has 0 aliphatic carbocycles. The molecule has 0 atom stereocenters. The van der Waals surface area contributed by atoms with E-state index >= 15 is 0 Å². The first-order valence-electron chi connectivity index (χ1n) is 7.30. The number of hydrogen-bond donors (Lipinski definition) is 2. The second-order valence-corrected chi connectivity index (χ2v) is 6.01. The summed E-state index contributed by atoms with van der Waals surface area (Å²) in [5, 5.41) is 18.5. The first kappa shape index (κ1) is 19.6. The summed E-state index contributed by atoms with van der Waals surface area (Å²) >= 11 is 7.43. The third-order valence-electron chi connectivity index (χ3n) is 3.13. The fourth-order valence-electron chi connectivity index (χ4n) is 2.10. The fourth-order valence-corrected chi connectivity index (χ4v) is 2.75. The van der Waals surface area contributed by atoms with E-state index in [1.807, 2.05) is 6.07 Å². The summed E-state index contributed by atoms with van der Waals surface area (Å²) in [5.74, 6) is -0.916. The summed E-state index contributed by atoms with van der Waals surface area (Å²) < 4.78 is 10.7. The lowest BCUT2D eigenvalue weighted by molar-refractivity contribution is -0.139. The number of rotatable bonds is 7. The van der Waals surface area contributed by atoms with Crippen LogP contribution < -0.4 is 15.0 Å². The molecule has 26 heavy (non-hydrogen) atoms. The highest BCUT2D eigenvalue weighted by molar-refractivity contribution is 7.98. The van der Waals surface area contributed by atoms with Crippen molar-refractivity contribution < 1.29 is 19.4 Å². The Hall–Kier alpha value is -2.70. The van der Waals surface area contributed by atoms with E-state index in [4.69, 9.17) is 26.2 Å². The molecule has 0 amide bonds. The third kappa shape index (κ3) is 4.28. The SMILES string of the molecule is CCOc1cc(-c2nc(SC)[nH]c(=O)c2C#N)cc(Cl)c1OCC(=O)O. The Morgan fingerprint density at radius 2 is 2.19 bits per heavy atom. The maximum atomic E-state index is 12.1. The molecule has 0 fully saturated rings. The quantitative estimate of drug-likeness (QED) is 0.541. The van der Waals surface area contributed by atoms with E-state index in [9.17, 15) is 14.9 Å². The molecule has 0 unspecified atom stereocenters. The second kappa shape index (κ2) is 8.60. The summed E-state index contributed by atoms with van der Waals surface area (Å²) in [4.78, 5) is 29.6. The number of carboxylic acids is 1. The predicted molar refractivity (Wildman–Crippen MR) is 96.1 cm³/mol. The Morgan fingerprint density at radius 1 is 1.46 bits per heavy atom.